The SMILES string of the molecule is Cc1cccc(OCCNCCOCC(C)C)c1. The van der Waals surface area contributed by atoms with Crippen molar-refractivity contribution in [3.63, 3.8) is 0 Å². The third-order valence-electron chi connectivity index (χ3n) is 2.41. The maximum absolute atomic E-state index is 5.63. The summed E-state index contributed by atoms with van der Waals surface area (Å²) < 4.78 is 11.1. The minimum absolute atomic E-state index is 0.606. The summed E-state index contributed by atoms with van der Waals surface area (Å²) in [6, 6.07) is 8.11. The number of ether oxygens (including phenoxy) is 2. The third-order valence-corrected chi connectivity index (χ3v) is 2.41. The van der Waals surface area contributed by atoms with Gasteiger partial charge >= 0.3 is 0 Å². The standard InChI is InChI=1S/C15H25NO2/c1-13(2)12-17-9-7-16-8-10-18-15-6-4-5-14(3)11-15/h4-6,11,13,16H,7-10,12H2,1-3H3. The van der Waals surface area contributed by atoms with E-state index in [1.807, 2.05) is 18.2 Å². The van der Waals surface area contributed by atoms with Gasteiger partial charge in [-0.05, 0) is 30.5 Å². The molecule has 0 radical (unpaired) electrons. The van der Waals surface area contributed by atoms with Crippen molar-refractivity contribution < 1.29 is 9.47 Å². The van der Waals surface area contributed by atoms with Gasteiger partial charge in [-0.25, -0.2) is 0 Å². The summed E-state index contributed by atoms with van der Waals surface area (Å²) in [5, 5.41) is 3.29. The first kappa shape index (κ1) is 15.0. The van der Waals surface area contributed by atoms with Crippen LogP contribution in [0.4, 0.5) is 0 Å². The Hall–Kier alpha value is -1.06. The topological polar surface area (TPSA) is 30.5 Å². The molecule has 0 amide bonds. The van der Waals surface area contributed by atoms with Crippen LogP contribution in [0.15, 0.2) is 24.3 Å². The molecule has 0 spiro atoms. The molecule has 1 N–H and O–H groups in total. The number of hydrogen-bond donors (Lipinski definition) is 1. The zero-order valence-electron chi connectivity index (χ0n) is 11.7. The summed E-state index contributed by atoms with van der Waals surface area (Å²) in [7, 11) is 0. The van der Waals surface area contributed by atoms with Crippen LogP contribution in [0, 0.1) is 12.8 Å². The van der Waals surface area contributed by atoms with Gasteiger partial charge in [0.05, 0.1) is 6.61 Å². The Kier molecular flexibility index (Phi) is 7.46. The van der Waals surface area contributed by atoms with Crippen molar-refractivity contribution in [2.45, 2.75) is 20.8 Å². The van der Waals surface area contributed by atoms with Crippen LogP contribution in [0.2, 0.25) is 0 Å². The van der Waals surface area contributed by atoms with Gasteiger partial charge in [0.1, 0.15) is 12.4 Å². The molecular weight excluding hydrogens is 226 g/mol. The van der Waals surface area contributed by atoms with Crippen LogP contribution in [0.1, 0.15) is 19.4 Å². The molecule has 18 heavy (non-hydrogen) atoms. The van der Waals surface area contributed by atoms with Gasteiger partial charge in [-0.15, -0.1) is 0 Å². The molecule has 0 unspecified atom stereocenters. The van der Waals surface area contributed by atoms with Crippen LogP contribution < -0.4 is 10.1 Å². The van der Waals surface area contributed by atoms with Crippen LogP contribution in [0.3, 0.4) is 0 Å². The molecule has 0 saturated heterocycles. The van der Waals surface area contributed by atoms with Gasteiger partial charge in [0, 0.05) is 19.7 Å². The molecule has 3 nitrogen and oxygen atoms in total. The monoisotopic (exact) mass is 251 g/mol. The van der Waals surface area contributed by atoms with Crippen LogP contribution in [0.25, 0.3) is 0 Å². The van der Waals surface area contributed by atoms with Crippen molar-refractivity contribution in [2.24, 2.45) is 5.92 Å². The summed E-state index contributed by atoms with van der Waals surface area (Å²) in [6.07, 6.45) is 0. The minimum Gasteiger partial charge on any atom is -0.492 e. The molecule has 1 aromatic rings. The fraction of sp³-hybridized carbons (Fsp3) is 0.600. The summed E-state index contributed by atoms with van der Waals surface area (Å²) >= 11 is 0. The van der Waals surface area contributed by atoms with Crippen molar-refractivity contribution in [2.75, 3.05) is 32.9 Å². The van der Waals surface area contributed by atoms with Gasteiger partial charge in [0.15, 0.2) is 0 Å². The largest absolute Gasteiger partial charge is 0.492 e. The van der Waals surface area contributed by atoms with Crippen LogP contribution in [-0.4, -0.2) is 32.9 Å². The quantitative estimate of drug-likeness (QED) is 0.684. The Balaban J connectivity index is 1.96. The zero-order valence-corrected chi connectivity index (χ0v) is 11.7. The lowest BCUT2D eigenvalue weighted by Crippen LogP contribution is -2.25. The van der Waals surface area contributed by atoms with Gasteiger partial charge in [-0.3, -0.25) is 0 Å². The molecule has 0 aromatic heterocycles. The van der Waals surface area contributed by atoms with Crippen LogP contribution in [0.5, 0.6) is 5.75 Å². The van der Waals surface area contributed by atoms with E-state index in [-0.39, 0.29) is 0 Å². The molecule has 1 aromatic carbocycles. The predicted octanol–water partition coefficient (Wildman–Crippen LogP) is 2.64. The molecule has 0 heterocycles. The highest BCUT2D eigenvalue weighted by Crippen LogP contribution is 2.11. The van der Waals surface area contributed by atoms with E-state index in [4.69, 9.17) is 9.47 Å². The lowest BCUT2D eigenvalue weighted by atomic mass is 10.2. The van der Waals surface area contributed by atoms with E-state index in [1.165, 1.54) is 5.56 Å². The number of rotatable bonds is 9. The van der Waals surface area contributed by atoms with E-state index in [2.05, 4.69) is 32.2 Å². The van der Waals surface area contributed by atoms with Gasteiger partial charge < -0.3 is 14.8 Å². The Morgan fingerprint density at radius 3 is 2.67 bits per heavy atom. The highest BCUT2D eigenvalue weighted by molar-refractivity contribution is 5.27. The van der Waals surface area contributed by atoms with Crippen molar-refractivity contribution in [3.05, 3.63) is 29.8 Å². The molecule has 0 aliphatic carbocycles. The molecule has 102 valence electrons. The van der Waals surface area contributed by atoms with E-state index >= 15 is 0 Å². The summed E-state index contributed by atoms with van der Waals surface area (Å²) in [5.74, 6) is 1.54. The Labute approximate surface area is 110 Å². The van der Waals surface area contributed by atoms with Crippen molar-refractivity contribution >= 4 is 0 Å². The second-order valence-corrected chi connectivity index (χ2v) is 4.88. The van der Waals surface area contributed by atoms with Crippen LogP contribution >= 0.6 is 0 Å². The van der Waals surface area contributed by atoms with Crippen molar-refractivity contribution in [1.29, 1.82) is 0 Å². The molecule has 1 rings (SSSR count). The molecule has 0 atom stereocenters. The average Bonchev–Trinajstić information content (AvgIpc) is 2.32. The highest BCUT2D eigenvalue weighted by atomic mass is 16.5. The van der Waals surface area contributed by atoms with Crippen molar-refractivity contribution in [1.82, 2.24) is 5.32 Å². The lowest BCUT2D eigenvalue weighted by molar-refractivity contribution is 0.111. The van der Waals surface area contributed by atoms with E-state index < -0.39 is 0 Å². The Morgan fingerprint density at radius 2 is 1.94 bits per heavy atom. The summed E-state index contributed by atoms with van der Waals surface area (Å²) in [4.78, 5) is 0. The molecule has 0 aliphatic rings. The molecule has 0 fully saturated rings. The maximum Gasteiger partial charge on any atom is 0.119 e. The molecular formula is C15H25NO2. The van der Waals surface area contributed by atoms with Crippen molar-refractivity contribution in [3.8, 4) is 5.75 Å². The maximum atomic E-state index is 5.63. The van der Waals surface area contributed by atoms with Crippen LogP contribution in [-0.2, 0) is 4.74 Å². The number of hydrogen-bond acceptors (Lipinski definition) is 3. The molecule has 0 aliphatic heterocycles. The predicted molar refractivity (Wildman–Crippen MR) is 75.2 cm³/mol. The van der Waals surface area contributed by atoms with Gasteiger partial charge in [0.25, 0.3) is 0 Å². The fourth-order valence-electron chi connectivity index (χ4n) is 1.53. The first-order valence-corrected chi connectivity index (χ1v) is 6.66. The number of nitrogens with one attached hydrogen (secondary N) is 1. The summed E-state index contributed by atoms with van der Waals surface area (Å²) in [6.45, 7) is 10.4. The number of aryl methyl sites for hydroxylation is 1. The van der Waals surface area contributed by atoms with Gasteiger partial charge in [-0.2, -0.15) is 0 Å². The molecule has 0 bridgehead atoms. The van der Waals surface area contributed by atoms with Gasteiger partial charge in [-0.1, -0.05) is 26.0 Å². The smallest absolute Gasteiger partial charge is 0.119 e. The Morgan fingerprint density at radius 1 is 1.17 bits per heavy atom. The minimum atomic E-state index is 0.606. The number of benzene rings is 1. The van der Waals surface area contributed by atoms with E-state index in [0.717, 1.165) is 32.1 Å². The lowest BCUT2D eigenvalue weighted by Gasteiger charge is -2.09. The van der Waals surface area contributed by atoms with Gasteiger partial charge in [0.2, 0.25) is 0 Å². The Bertz CT molecular complexity index is 326. The van der Waals surface area contributed by atoms with E-state index in [9.17, 15) is 0 Å². The normalized spacial score (nSPS) is 10.9. The third kappa shape index (κ3) is 7.30. The van der Waals surface area contributed by atoms with E-state index in [0.29, 0.717) is 12.5 Å². The second-order valence-electron chi connectivity index (χ2n) is 4.88. The first-order valence-electron chi connectivity index (χ1n) is 6.66. The zero-order chi connectivity index (χ0) is 13.2. The molecule has 0 saturated carbocycles. The van der Waals surface area contributed by atoms with E-state index in [1.54, 1.807) is 0 Å². The highest BCUT2D eigenvalue weighted by Gasteiger charge is 1.95. The fourth-order valence-corrected chi connectivity index (χ4v) is 1.53. The summed E-state index contributed by atoms with van der Waals surface area (Å²) in [5.41, 5.74) is 1.22. The molecule has 3 heteroatoms. The second kappa shape index (κ2) is 8.95. The average molecular weight is 251 g/mol. The first-order chi connectivity index (χ1) is 8.68.